The fourth-order valence-electron chi connectivity index (χ4n) is 3.60. The van der Waals surface area contributed by atoms with Crippen LogP contribution in [0.25, 0.3) is 0 Å². The van der Waals surface area contributed by atoms with Crippen molar-refractivity contribution in [3.63, 3.8) is 0 Å². The molecule has 1 saturated heterocycles. The van der Waals surface area contributed by atoms with Crippen molar-refractivity contribution in [1.82, 2.24) is 9.80 Å². The van der Waals surface area contributed by atoms with Crippen molar-refractivity contribution in [1.29, 1.82) is 0 Å². The minimum atomic E-state index is -0.856. The van der Waals surface area contributed by atoms with Gasteiger partial charge in [0.1, 0.15) is 29.4 Å². The second-order valence-corrected chi connectivity index (χ2v) is 9.25. The summed E-state index contributed by atoms with van der Waals surface area (Å²) in [7, 11) is 3.16. The predicted octanol–water partition coefficient (Wildman–Crippen LogP) is 3.83. The molecule has 0 radical (unpaired) electrons. The Morgan fingerprint density at radius 3 is 2.29 bits per heavy atom. The molecule has 2 rings (SSSR count). The number of amides is 2. The molecule has 0 unspecified atom stereocenters. The van der Waals surface area contributed by atoms with E-state index in [1.165, 1.54) is 24.1 Å². The minimum Gasteiger partial charge on any atom is -0.497 e. The SMILES string of the molecule is COc1ccc(F)c(C[C@H]2C(=O)N(C)[C@H](C(C)(C)C)N2C(=O)OC(C)(C)C)c1. The number of benzene rings is 1. The van der Waals surface area contributed by atoms with Crippen molar-refractivity contribution >= 4 is 12.0 Å². The van der Waals surface area contributed by atoms with Gasteiger partial charge in [0.25, 0.3) is 0 Å². The van der Waals surface area contributed by atoms with E-state index in [-0.39, 0.29) is 12.3 Å². The van der Waals surface area contributed by atoms with Crippen LogP contribution in [0.2, 0.25) is 0 Å². The molecular formula is C21H31FN2O4. The largest absolute Gasteiger partial charge is 0.497 e. The van der Waals surface area contributed by atoms with Gasteiger partial charge in [0.05, 0.1) is 7.11 Å². The lowest BCUT2D eigenvalue weighted by molar-refractivity contribution is -0.129. The smallest absolute Gasteiger partial charge is 0.412 e. The summed E-state index contributed by atoms with van der Waals surface area (Å²) in [5.74, 6) is -0.195. The van der Waals surface area contributed by atoms with Crippen LogP contribution in [0.3, 0.4) is 0 Å². The molecule has 0 N–H and O–H groups in total. The van der Waals surface area contributed by atoms with Gasteiger partial charge in [-0.25, -0.2) is 9.18 Å². The third-order valence-electron chi connectivity index (χ3n) is 4.64. The van der Waals surface area contributed by atoms with Gasteiger partial charge in [-0.1, -0.05) is 20.8 Å². The highest BCUT2D eigenvalue weighted by Gasteiger charge is 2.52. The molecule has 6 nitrogen and oxygen atoms in total. The molecule has 0 bridgehead atoms. The van der Waals surface area contributed by atoms with E-state index in [0.29, 0.717) is 11.3 Å². The number of halogens is 1. The van der Waals surface area contributed by atoms with Crippen molar-refractivity contribution in [3.8, 4) is 5.75 Å². The zero-order valence-electron chi connectivity index (χ0n) is 18.0. The Morgan fingerprint density at radius 1 is 1.18 bits per heavy atom. The molecule has 1 aliphatic heterocycles. The highest BCUT2D eigenvalue weighted by atomic mass is 19.1. The van der Waals surface area contributed by atoms with E-state index in [1.54, 1.807) is 38.8 Å². The van der Waals surface area contributed by atoms with E-state index in [9.17, 15) is 14.0 Å². The van der Waals surface area contributed by atoms with Gasteiger partial charge < -0.3 is 14.4 Å². The number of hydrogen-bond acceptors (Lipinski definition) is 4. The summed E-state index contributed by atoms with van der Waals surface area (Å²) < 4.78 is 25.1. The van der Waals surface area contributed by atoms with E-state index >= 15 is 0 Å². The van der Waals surface area contributed by atoms with Crippen LogP contribution in [0, 0.1) is 11.2 Å². The zero-order valence-corrected chi connectivity index (χ0v) is 18.0. The summed E-state index contributed by atoms with van der Waals surface area (Å²) in [6.45, 7) is 11.2. The van der Waals surface area contributed by atoms with Crippen LogP contribution in [-0.4, -0.2) is 53.8 Å². The third kappa shape index (κ3) is 4.56. The Balaban J connectivity index is 2.47. The van der Waals surface area contributed by atoms with Crippen molar-refractivity contribution in [3.05, 3.63) is 29.6 Å². The quantitative estimate of drug-likeness (QED) is 0.782. The predicted molar refractivity (Wildman–Crippen MR) is 105 cm³/mol. The molecule has 2 atom stereocenters. The molecule has 0 spiro atoms. The van der Waals surface area contributed by atoms with Crippen molar-refractivity contribution < 1.29 is 23.5 Å². The Morgan fingerprint density at radius 2 is 1.79 bits per heavy atom. The van der Waals surface area contributed by atoms with Crippen molar-refractivity contribution in [2.24, 2.45) is 5.41 Å². The zero-order chi connectivity index (χ0) is 21.4. The Hall–Kier alpha value is -2.31. The molecule has 156 valence electrons. The van der Waals surface area contributed by atoms with Crippen LogP contribution in [0.15, 0.2) is 18.2 Å². The average molecular weight is 394 g/mol. The fraction of sp³-hybridized carbons (Fsp3) is 0.619. The maximum Gasteiger partial charge on any atom is 0.412 e. The molecule has 2 amide bonds. The summed E-state index contributed by atoms with van der Waals surface area (Å²) in [6, 6.07) is 3.52. The van der Waals surface area contributed by atoms with Crippen molar-refractivity contribution in [2.75, 3.05) is 14.2 Å². The lowest BCUT2D eigenvalue weighted by Crippen LogP contribution is -2.52. The van der Waals surface area contributed by atoms with E-state index in [4.69, 9.17) is 9.47 Å². The number of rotatable bonds is 3. The number of carbonyl (C=O) groups is 2. The van der Waals surface area contributed by atoms with Gasteiger partial charge in [0, 0.05) is 18.9 Å². The van der Waals surface area contributed by atoms with Gasteiger partial charge in [-0.15, -0.1) is 0 Å². The molecule has 1 aromatic carbocycles. The monoisotopic (exact) mass is 394 g/mol. The van der Waals surface area contributed by atoms with E-state index in [0.717, 1.165) is 0 Å². The molecule has 0 aliphatic carbocycles. The normalized spacial score (nSPS) is 20.5. The van der Waals surface area contributed by atoms with E-state index < -0.39 is 35.1 Å². The van der Waals surface area contributed by atoms with Crippen LogP contribution in [0.5, 0.6) is 5.75 Å². The molecule has 7 heteroatoms. The van der Waals surface area contributed by atoms with Crippen LogP contribution < -0.4 is 4.74 Å². The van der Waals surface area contributed by atoms with Crippen molar-refractivity contribution in [2.45, 2.75) is 65.8 Å². The van der Waals surface area contributed by atoms with Gasteiger partial charge in [-0.05, 0) is 44.5 Å². The van der Waals surface area contributed by atoms with Gasteiger partial charge in [0.2, 0.25) is 5.91 Å². The summed E-state index contributed by atoms with van der Waals surface area (Å²) in [5.41, 5.74) is -0.812. The molecule has 1 aliphatic rings. The standard InChI is InChI=1S/C21H31FN2O4/c1-20(2,3)18-23(7)17(25)16(24(18)19(26)28-21(4,5)6)12-13-11-14(27-8)9-10-15(13)22/h9-11,16,18H,12H2,1-8H3/t16-,18-/m0/s1. The van der Waals surface area contributed by atoms with Gasteiger partial charge in [-0.3, -0.25) is 9.69 Å². The van der Waals surface area contributed by atoms with E-state index in [2.05, 4.69) is 0 Å². The number of ether oxygens (including phenoxy) is 2. The minimum absolute atomic E-state index is 0.0397. The summed E-state index contributed by atoms with van der Waals surface area (Å²) in [6.07, 6.45) is -1.05. The Labute approximate surface area is 166 Å². The molecule has 28 heavy (non-hydrogen) atoms. The van der Waals surface area contributed by atoms with Crippen LogP contribution in [0.1, 0.15) is 47.1 Å². The molecule has 0 aromatic heterocycles. The first-order valence-electron chi connectivity index (χ1n) is 9.36. The second-order valence-electron chi connectivity index (χ2n) is 9.25. The fourth-order valence-corrected chi connectivity index (χ4v) is 3.60. The van der Waals surface area contributed by atoms with Gasteiger partial charge in [0.15, 0.2) is 0 Å². The summed E-state index contributed by atoms with van der Waals surface area (Å²) >= 11 is 0. The third-order valence-corrected chi connectivity index (χ3v) is 4.64. The summed E-state index contributed by atoms with van der Waals surface area (Å²) in [4.78, 5) is 29.1. The number of likely N-dealkylation sites (N-methyl/N-ethyl adjacent to an activating group) is 1. The van der Waals surface area contributed by atoms with Crippen LogP contribution in [0.4, 0.5) is 9.18 Å². The maximum absolute atomic E-state index is 14.4. The van der Waals surface area contributed by atoms with Gasteiger partial charge in [-0.2, -0.15) is 0 Å². The number of methoxy groups -OCH3 is 1. The van der Waals surface area contributed by atoms with E-state index in [1.807, 2.05) is 20.8 Å². The van der Waals surface area contributed by atoms with Gasteiger partial charge >= 0.3 is 6.09 Å². The Kier molecular flexibility index (Phi) is 5.97. The highest BCUT2D eigenvalue weighted by molar-refractivity contribution is 5.89. The lowest BCUT2D eigenvalue weighted by Gasteiger charge is -2.39. The summed E-state index contributed by atoms with van der Waals surface area (Å²) in [5, 5.41) is 0. The number of carbonyl (C=O) groups excluding carboxylic acids is 2. The first-order chi connectivity index (χ1) is 12.8. The molecule has 1 heterocycles. The second kappa shape index (κ2) is 7.60. The lowest BCUT2D eigenvalue weighted by atomic mass is 9.91. The number of hydrogen-bond donors (Lipinski definition) is 0. The topological polar surface area (TPSA) is 59.1 Å². The molecular weight excluding hydrogens is 363 g/mol. The van der Waals surface area contributed by atoms with Crippen LogP contribution in [-0.2, 0) is 16.0 Å². The molecule has 1 fully saturated rings. The molecule has 0 saturated carbocycles. The first-order valence-corrected chi connectivity index (χ1v) is 9.36. The Bertz CT molecular complexity index is 752. The number of nitrogens with zero attached hydrogens (tertiary/aromatic N) is 2. The average Bonchev–Trinajstić information content (AvgIpc) is 2.80. The first kappa shape index (κ1) is 22.0. The maximum atomic E-state index is 14.4. The highest BCUT2D eigenvalue weighted by Crippen LogP contribution is 2.36. The van der Waals surface area contributed by atoms with Crippen LogP contribution >= 0.6 is 0 Å². The molecule has 1 aromatic rings.